The number of methoxy groups -OCH3 is 1. The van der Waals surface area contributed by atoms with Gasteiger partial charge in [0.05, 0.1) is 13.2 Å². The Morgan fingerprint density at radius 1 is 1.41 bits per heavy atom. The van der Waals surface area contributed by atoms with Gasteiger partial charge in [0, 0.05) is 6.42 Å². The number of hydrogen-bond acceptors (Lipinski definition) is 5. The number of carbonyl (C=O) groups is 2. The molecule has 4 N–H and O–H groups in total. The van der Waals surface area contributed by atoms with Gasteiger partial charge in [-0.15, -0.1) is 0 Å². The van der Waals surface area contributed by atoms with Crippen LogP contribution in [0.1, 0.15) is 25.8 Å². The lowest BCUT2D eigenvalue weighted by Gasteiger charge is -2.22. The van der Waals surface area contributed by atoms with Crippen molar-refractivity contribution in [2.45, 2.75) is 38.8 Å². The van der Waals surface area contributed by atoms with Crippen molar-refractivity contribution in [2.24, 2.45) is 11.7 Å². The summed E-state index contributed by atoms with van der Waals surface area (Å²) >= 11 is 0. The van der Waals surface area contributed by atoms with Gasteiger partial charge in [-0.1, -0.05) is 32.4 Å². The first-order valence-electron chi connectivity index (χ1n) is 7.30. The van der Waals surface area contributed by atoms with Gasteiger partial charge in [-0.3, -0.25) is 4.79 Å². The molecule has 122 valence electrons. The van der Waals surface area contributed by atoms with Crippen molar-refractivity contribution in [1.82, 2.24) is 5.32 Å². The second-order valence-corrected chi connectivity index (χ2v) is 5.37. The minimum absolute atomic E-state index is 0.0130. The Balaban J connectivity index is 2.81. The second-order valence-electron chi connectivity index (χ2n) is 5.37. The number of benzene rings is 1. The Bertz CT molecular complexity index is 519. The van der Waals surface area contributed by atoms with Crippen LogP contribution in [-0.2, 0) is 20.7 Å². The largest absolute Gasteiger partial charge is 0.508 e. The van der Waals surface area contributed by atoms with Crippen LogP contribution in [0.5, 0.6) is 5.75 Å². The highest BCUT2D eigenvalue weighted by Crippen LogP contribution is 2.13. The Hall–Kier alpha value is -2.08. The minimum Gasteiger partial charge on any atom is -0.508 e. The number of phenolic OH excluding ortho intramolecular Hbond substituents is 1. The van der Waals surface area contributed by atoms with Crippen molar-refractivity contribution in [3.8, 4) is 5.75 Å². The van der Waals surface area contributed by atoms with Gasteiger partial charge in [0.25, 0.3) is 0 Å². The van der Waals surface area contributed by atoms with Crippen LogP contribution in [-0.4, -0.2) is 36.2 Å². The number of ether oxygens (including phenoxy) is 1. The van der Waals surface area contributed by atoms with Crippen LogP contribution >= 0.6 is 0 Å². The first-order chi connectivity index (χ1) is 10.4. The maximum absolute atomic E-state index is 12.1. The molecule has 0 spiro atoms. The fourth-order valence-electron chi connectivity index (χ4n) is 2.03. The highest BCUT2D eigenvalue weighted by molar-refractivity contribution is 5.87. The van der Waals surface area contributed by atoms with Crippen LogP contribution in [0.4, 0.5) is 0 Å². The highest BCUT2D eigenvalue weighted by atomic mass is 16.5. The molecule has 0 bridgehead atoms. The second kappa shape index (κ2) is 8.38. The quantitative estimate of drug-likeness (QED) is 0.651. The maximum Gasteiger partial charge on any atom is 0.328 e. The first kappa shape index (κ1) is 18.0. The molecule has 0 fully saturated rings. The zero-order valence-electron chi connectivity index (χ0n) is 13.2. The third kappa shape index (κ3) is 5.04. The zero-order valence-corrected chi connectivity index (χ0v) is 13.2. The molecule has 0 saturated carbocycles. The van der Waals surface area contributed by atoms with Crippen LogP contribution in [0.25, 0.3) is 0 Å². The number of phenols is 1. The lowest BCUT2D eigenvalue weighted by atomic mass is 9.98. The van der Waals surface area contributed by atoms with Crippen molar-refractivity contribution in [3.63, 3.8) is 0 Å². The minimum atomic E-state index is -0.839. The van der Waals surface area contributed by atoms with Crippen LogP contribution in [0.2, 0.25) is 0 Å². The molecule has 1 rings (SSSR count). The summed E-state index contributed by atoms with van der Waals surface area (Å²) in [5.74, 6) is -0.819. The van der Waals surface area contributed by atoms with Gasteiger partial charge in [-0.05, 0) is 23.6 Å². The molecular weight excluding hydrogens is 284 g/mol. The molecule has 3 atom stereocenters. The fraction of sp³-hybridized carbons (Fsp3) is 0.500. The van der Waals surface area contributed by atoms with Crippen molar-refractivity contribution < 1.29 is 19.4 Å². The molecule has 0 aromatic heterocycles. The van der Waals surface area contributed by atoms with E-state index in [-0.39, 0.29) is 24.0 Å². The molecule has 6 nitrogen and oxygen atoms in total. The van der Waals surface area contributed by atoms with Gasteiger partial charge in [0.15, 0.2) is 0 Å². The van der Waals surface area contributed by atoms with Crippen molar-refractivity contribution in [2.75, 3.05) is 7.11 Å². The van der Waals surface area contributed by atoms with E-state index >= 15 is 0 Å². The number of nitrogens with two attached hydrogens (primary N) is 1. The van der Waals surface area contributed by atoms with E-state index in [1.54, 1.807) is 12.1 Å². The van der Waals surface area contributed by atoms with Crippen molar-refractivity contribution >= 4 is 11.9 Å². The maximum atomic E-state index is 12.1. The third-order valence-corrected chi connectivity index (χ3v) is 3.71. The van der Waals surface area contributed by atoms with Gasteiger partial charge in [-0.25, -0.2) is 4.79 Å². The molecule has 1 aromatic carbocycles. The van der Waals surface area contributed by atoms with Gasteiger partial charge < -0.3 is 20.9 Å². The molecule has 22 heavy (non-hydrogen) atoms. The number of carbonyl (C=O) groups excluding carboxylic acids is 2. The molecule has 0 saturated heterocycles. The number of rotatable bonds is 7. The topological polar surface area (TPSA) is 102 Å². The molecule has 0 aliphatic rings. The number of esters is 1. The molecular formula is C16H24N2O4. The van der Waals surface area contributed by atoms with Gasteiger partial charge in [0.1, 0.15) is 11.8 Å². The normalized spacial score (nSPS) is 14.7. The Labute approximate surface area is 130 Å². The summed E-state index contributed by atoms with van der Waals surface area (Å²) in [5, 5.41) is 12.1. The first-order valence-corrected chi connectivity index (χ1v) is 7.30. The summed E-state index contributed by atoms with van der Waals surface area (Å²) < 4.78 is 4.73. The van der Waals surface area contributed by atoms with E-state index in [9.17, 15) is 14.7 Å². The fourth-order valence-corrected chi connectivity index (χ4v) is 2.03. The summed E-state index contributed by atoms with van der Waals surface area (Å²) in [6.07, 6.45) is 0.990. The lowest BCUT2D eigenvalue weighted by Crippen LogP contribution is -2.51. The zero-order chi connectivity index (χ0) is 16.7. The summed E-state index contributed by atoms with van der Waals surface area (Å²) in [6, 6.07) is 4.99. The van der Waals surface area contributed by atoms with Crippen molar-refractivity contribution in [1.29, 1.82) is 0 Å². The van der Waals surface area contributed by atoms with E-state index < -0.39 is 18.1 Å². The van der Waals surface area contributed by atoms with Crippen LogP contribution < -0.4 is 11.1 Å². The molecule has 1 aromatic rings. The average Bonchev–Trinajstić information content (AvgIpc) is 2.51. The predicted octanol–water partition coefficient (Wildman–Crippen LogP) is 0.966. The average molecular weight is 308 g/mol. The monoisotopic (exact) mass is 308 g/mol. The Morgan fingerprint density at radius 2 is 2.09 bits per heavy atom. The van der Waals surface area contributed by atoms with Crippen LogP contribution in [0.15, 0.2) is 24.3 Å². The van der Waals surface area contributed by atoms with Gasteiger partial charge in [-0.2, -0.15) is 0 Å². The Morgan fingerprint density at radius 3 is 2.64 bits per heavy atom. The van der Waals surface area contributed by atoms with Gasteiger partial charge in [0.2, 0.25) is 5.91 Å². The highest BCUT2D eigenvalue weighted by Gasteiger charge is 2.26. The van der Waals surface area contributed by atoms with Crippen LogP contribution in [0, 0.1) is 5.92 Å². The summed E-state index contributed by atoms with van der Waals surface area (Å²) in [6.45, 7) is 3.83. The van der Waals surface area contributed by atoms with E-state index in [1.165, 1.54) is 19.2 Å². The van der Waals surface area contributed by atoms with E-state index in [0.717, 1.165) is 6.42 Å². The Kier molecular flexibility index (Phi) is 6.85. The molecule has 0 aliphatic heterocycles. The predicted molar refractivity (Wildman–Crippen MR) is 83.2 cm³/mol. The molecule has 0 unspecified atom stereocenters. The van der Waals surface area contributed by atoms with Crippen LogP contribution in [0.3, 0.4) is 0 Å². The number of aromatic hydroxyl groups is 1. The molecule has 0 aliphatic carbocycles. The molecule has 0 radical (unpaired) electrons. The summed E-state index contributed by atoms with van der Waals surface area (Å²) in [4.78, 5) is 24.0. The van der Waals surface area contributed by atoms with E-state index in [4.69, 9.17) is 10.5 Å². The third-order valence-electron chi connectivity index (χ3n) is 3.71. The summed E-state index contributed by atoms with van der Waals surface area (Å²) in [5.41, 5.74) is 6.59. The van der Waals surface area contributed by atoms with E-state index in [1.807, 2.05) is 13.8 Å². The molecule has 6 heteroatoms. The summed E-state index contributed by atoms with van der Waals surface area (Å²) in [7, 11) is 1.26. The SMILES string of the molecule is CC[C@H](C)[C@H](N)C(=O)N[C@@H](Cc1cccc(O)c1)C(=O)OC. The smallest absolute Gasteiger partial charge is 0.328 e. The number of nitrogens with one attached hydrogen (secondary N) is 1. The van der Waals surface area contributed by atoms with Crippen molar-refractivity contribution in [3.05, 3.63) is 29.8 Å². The van der Waals surface area contributed by atoms with E-state index in [2.05, 4.69) is 5.32 Å². The standard InChI is InChI=1S/C16H24N2O4/c1-4-10(2)14(17)15(20)18-13(16(21)22-3)9-11-6-5-7-12(19)8-11/h5-8,10,13-14,19H,4,9,17H2,1-3H3,(H,18,20)/t10-,13-,14-/m0/s1. The van der Waals surface area contributed by atoms with Gasteiger partial charge >= 0.3 is 5.97 Å². The van der Waals surface area contributed by atoms with E-state index in [0.29, 0.717) is 5.56 Å². The number of amides is 1. The number of hydrogen-bond donors (Lipinski definition) is 3. The lowest BCUT2D eigenvalue weighted by molar-refractivity contribution is -0.145. The molecule has 0 heterocycles. The molecule has 1 amide bonds.